The highest BCUT2D eigenvalue weighted by atomic mass is 16.5. The van der Waals surface area contributed by atoms with Crippen LogP contribution in [0.5, 0.6) is 0 Å². The zero-order valence-electron chi connectivity index (χ0n) is 18.9. The van der Waals surface area contributed by atoms with Gasteiger partial charge in [-0.15, -0.1) is 0 Å². The molecule has 0 aliphatic heterocycles. The van der Waals surface area contributed by atoms with Crippen LogP contribution >= 0.6 is 0 Å². The van der Waals surface area contributed by atoms with Gasteiger partial charge in [-0.25, -0.2) is 0 Å². The van der Waals surface area contributed by atoms with Gasteiger partial charge in [0.2, 0.25) is 0 Å². The van der Waals surface area contributed by atoms with Crippen LogP contribution in [0.25, 0.3) is 0 Å². The molecule has 160 valence electrons. The van der Waals surface area contributed by atoms with Gasteiger partial charge in [0.05, 0.1) is 12.2 Å². The highest BCUT2D eigenvalue weighted by Crippen LogP contribution is 2.58. The van der Waals surface area contributed by atoms with Crippen molar-refractivity contribution >= 4 is 17.3 Å². The molecule has 3 aliphatic rings. The Kier molecular flexibility index (Phi) is 5.13. The van der Waals surface area contributed by atoms with Gasteiger partial charge in [-0.1, -0.05) is 31.6 Å². The van der Waals surface area contributed by atoms with E-state index in [1.807, 2.05) is 26.8 Å². The van der Waals surface area contributed by atoms with Crippen molar-refractivity contribution in [2.24, 2.45) is 29.1 Å². The van der Waals surface area contributed by atoms with Crippen LogP contribution in [-0.4, -0.2) is 24.5 Å². The summed E-state index contributed by atoms with van der Waals surface area (Å²) in [5, 5.41) is 0. The normalized spacial score (nSPS) is 33.1. The zero-order chi connectivity index (χ0) is 22.0. The molecule has 4 heteroatoms. The summed E-state index contributed by atoms with van der Waals surface area (Å²) in [6.07, 6.45) is 2.48. The van der Waals surface area contributed by atoms with E-state index in [-0.39, 0.29) is 41.0 Å². The van der Waals surface area contributed by atoms with Crippen molar-refractivity contribution in [1.29, 1.82) is 0 Å². The number of hydrogen-bond donors (Lipinski definition) is 0. The molecule has 0 heterocycles. The molecule has 1 saturated carbocycles. The maximum atomic E-state index is 13.8. The van der Waals surface area contributed by atoms with Crippen molar-refractivity contribution in [3.05, 3.63) is 45.5 Å². The van der Waals surface area contributed by atoms with Crippen LogP contribution < -0.4 is 0 Å². The third-order valence-corrected chi connectivity index (χ3v) is 8.41. The lowest BCUT2D eigenvalue weighted by molar-refractivity contribution is -0.139. The summed E-state index contributed by atoms with van der Waals surface area (Å²) in [4.78, 5) is 39.6. The van der Waals surface area contributed by atoms with Crippen LogP contribution in [0.15, 0.2) is 23.3 Å². The summed E-state index contributed by atoms with van der Waals surface area (Å²) < 4.78 is 5.40. The molecule has 4 rings (SSSR count). The Balaban J connectivity index is 1.81. The van der Waals surface area contributed by atoms with E-state index < -0.39 is 5.41 Å². The minimum Gasteiger partial charge on any atom is -0.380 e. The summed E-state index contributed by atoms with van der Waals surface area (Å²) in [6.45, 7) is 9.99. The van der Waals surface area contributed by atoms with Gasteiger partial charge in [0.25, 0.3) is 0 Å². The minimum absolute atomic E-state index is 0.0434. The van der Waals surface area contributed by atoms with E-state index in [1.165, 1.54) is 6.92 Å². The number of fused-ring (bicyclic) bond motifs is 3. The van der Waals surface area contributed by atoms with E-state index in [0.29, 0.717) is 12.2 Å². The molecule has 5 atom stereocenters. The van der Waals surface area contributed by atoms with Gasteiger partial charge in [0.1, 0.15) is 0 Å². The largest absolute Gasteiger partial charge is 0.380 e. The summed E-state index contributed by atoms with van der Waals surface area (Å²) >= 11 is 0. The molecule has 1 aromatic carbocycles. The summed E-state index contributed by atoms with van der Waals surface area (Å²) in [5.74, 6) is 0.120. The van der Waals surface area contributed by atoms with Crippen molar-refractivity contribution in [2.45, 2.75) is 60.5 Å². The minimum atomic E-state index is -0.660. The maximum Gasteiger partial charge on any atom is 0.172 e. The standard InChI is InChI=1S/C26H32O4/c1-13-7-8-17(12-30-6)20-11-18-10-19-9-14(2)21(16(4)27)25(29)26(19,5)15(3)23(18)24(28)22(13)20/h7-8,15,18-19,23H,9-12H2,1-6H3/t15?,18-,19-,23?,26+/m1/s1. The van der Waals surface area contributed by atoms with Crippen LogP contribution in [0, 0.1) is 36.0 Å². The third-order valence-electron chi connectivity index (χ3n) is 8.41. The number of aryl methyl sites for hydroxylation is 1. The number of ketones is 3. The van der Waals surface area contributed by atoms with Crippen LogP contribution in [0.4, 0.5) is 0 Å². The molecule has 2 unspecified atom stereocenters. The van der Waals surface area contributed by atoms with E-state index in [4.69, 9.17) is 4.74 Å². The van der Waals surface area contributed by atoms with E-state index in [9.17, 15) is 14.4 Å². The third kappa shape index (κ3) is 2.80. The number of ether oxygens (including phenoxy) is 1. The number of Topliss-reactive ketones (excluding diaryl/α,β-unsaturated/α-hetero) is 3. The second-order valence-electron chi connectivity index (χ2n) is 9.93. The molecule has 0 bridgehead atoms. The first kappa shape index (κ1) is 21.2. The van der Waals surface area contributed by atoms with Crippen molar-refractivity contribution in [3.63, 3.8) is 0 Å². The van der Waals surface area contributed by atoms with Gasteiger partial charge in [-0.3, -0.25) is 14.4 Å². The molecule has 0 radical (unpaired) electrons. The lowest BCUT2D eigenvalue weighted by Crippen LogP contribution is -2.56. The van der Waals surface area contributed by atoms with Gasteiger partial charge in [0, 0.05) is 24.0 Å². The Bertz CT molecular complexity index is 985. The number of allylic oxidation sites excluding steroid dienone is 2. The van der Waals surface area contributed by atoms with E-state index in [1.54, 1.807) is 7.11 Å². The van der Waals surface area contributed by atoms with Crippen molar-refractivity contribution in [3.8, 4) is 0 Å². The number of benzene rings is 1. The van der Waals surface area contributed by atoms with Crippen molar-refractivity contribution in [1.82, 2.24) is 0 Å². The topological polar surface area (TPSA) is 60.4 Å². The fourth-order valence-corrected chi connectivity index (χ4v) is 6.75. The molecule has 3 aliphatic carbocycles. The predicted octanol–water partition coefficient (Wildman–Crippen LogP) is 4.65. The Hall–Kier alpha value is -2.07. The Morgan fingerprint density at radius 2 is 1.90 bits per heavy atom. The van der Waals surface area contributed by atoms with E-state index >= 15 is 0 Å². The van der Waals surface area contributed by atoms with E-state index in [2.05, 4.69) is 13.0 Å². The first-order valence-electron chi connectivity index (χ1n) is 11.0. The zero-order valence-corrected chi connectivity index (χ0v) is 18.9. The van der Waals surface area contributed by atoms with Gasteiger partial charge in [0.15, 0.2) is 17.3 Å². The molecular weight excluding hydrogens is 376 g/mol. The van der Waals surface area contributed by atoms with E-state index in [0.717, 1.165) is 47.1 Å². The molecular formula is C26H32O4. The lowest BCUT2D eigenvalue weighted by atomic mass is 9.46. The Morgan fingerprint density at radius 3 is 2.53 bits per heavy atom. The van der Waals surface area contributed by atoms with Gasteiger partial charge in [-0.2, -0.15) is 0 Å². The number of hydrogen-bond acceptors (Lipinski definition) is 4. The first-order valence-corrected chi connectivity index (χ1v) is 11.0. The molecule has 0 amide bonds. The van der Waals surface area contributed by atoms with Crippen LogP contribution in [0.1, 0.15) is 67.6 Å². The van der Waals surface area contributed by atoms with Crippen molar-refractivity contribution < 1.29 is 19.1 Å². The monoisotopic (exact) mass is 408 g/mol. The van der Waals surface area contributed by atoms with Crippen LogP contribution in [0.3, 0.4) is 0 Å². The van der Waals surface area contributed by atoms with Crippen molar-refractivity contribution in [2.75, 3.05) is 7.11 Å². The molecule has 30 heavy (non-hydrogen) atoms. The number of carbonyl (C=O) groups is 3. The lowest BCUT2D eigenvalue weighted by Gasteiger charge is -2.55. The molecule has 0 aromatic heterocycles. The van der Waals surface area contributed by atoms with Gasteiger partial charge >= 0.3 is 0 Å². The highest BCUT2D eigenvalue weighted by Gasteiger charge is 2.59. The van der Waals surface area contributed by atoms with Crippen LogP contribution in [0.2, 0.25) is 0 Å². The molecule has 0 saturated heterocycles. The maximum absolute atomic E-state index is 13.8. The molecule has 1 fully saturated rings. The summed E-state index contributed by atoms with van der Waals surface area (Å²) in [7, 11) is 1.68. The Labute approximate surface area is 179 Å². The number of carbonyl (C=O) groups excluding carboxylic acids is 3. The fraction of sp³-hybridized carbons (Fsp3) is 0.577. The first-order chi connectivity index (χ1) is 14.1. The fourth-order valence-electron chi connectivity index (χ4n) is 6.75. The predicted molar refractivity (Wildman–Crippen MR) is 115 cm³/mol. The number of rotatable bonds is 3. The van der Waals surface area contributed by atoms with Gasteiger partial charge < -0.3 is 4.74 Å². The SMILES string of the molecule is COCc1ccc(C)c2c1C[C@H]1C[C@H]3CC(C)=C(C(C)=O)C(=O)[C@@]3(C)C(C)C1C2=O. The average Bonchev–Trinajstić information content (AvgIpc) is 2.66. The molecule has 0 spiro atoms. The quantitative estimate of drug-likeness (QED) is 0.683. The second kappa shape index (κ2) is 7.26. The summed E-state index contributed by atoms with van der Waals surface area (Å²) in [5.41, 5.74) is 4.70. The average molecular weight is 409 g/mol. The summed E-state index contributed by atoms with van der Waals surface area (Å²) in [6, 6.07) is 4.09. The second-order valence-corrected chi connectivity index (χ2v) is 9.93. The molecule has 4 nitrogen and oxygen atoms in total. The highest BCUT2D eigenvalue weighted by molar-refractivity contribution is 6.22. The van der Waals surface area contributed by atoms with Crippen LogP contribution in [-0.2, 0) is 27.4 Å². The number of methoxy groups -OCH3 is 1. The Morgan fingerprint density at radius 1 is 1.20 bits per heavy atom. The van der Waals surface area contributed by atoms with Gasteiger partial charge in [-0.05, 0) is 74.5 Å². The smallest absolute Gasteiger partial charge is 0.172 e. The molecule has 1 aromatic rings. The molecule has 0 N–H and O–H groups in total.